The molecule has 0 saturated heterocycles. The summed E-state index contributed by atoms with van der Waals surface area (Å²) in [5.74, 6) is 1.12. The summed E-state index contributed by atoms with van der Waals surface area (Å²) < 4.78 is 0. The van der Waals surface area contributed by atoms with Gasteiger partial charge in [-0.1, -0.05) is 48.5 Å². The van der Waals surface area contributed by atoms with Crippen LogP contribution < -0.4 is 10.6 Å². The van der Waals surface area contributed by atoms with Gasteiger partial charge in [0.2, 0.25) is 5.95 Å². The minimum Gasteiger partial charge on any atom is -0.366 e. The first-order valence-electron chi connectivity index (χ1n) is 7.39. The number of aromatic nitrogens is 3. The fourth-order valence-corrected chi connectivity index (χ4v) is 2.95. The molecule has 5 nitrogen and oxygen atoms in total. The number of nitrogens with zero attached hydrogens (tertiary/aromatic N) is 3. The van der Waals surface area contributed by atoms with E-state index in [1.807, 2.05) is 12.1 Å². The Morgan fingerprint density at radius 3 is 2.73 bits per heavy atom. The third-order valence-electron chi connectivity index (χ3n) is 3.71. The minimum atomic E-state index is 0.393. The average molecular weight is 338 g/mol. The minimum absolute atomic E-state index is 0.393. The lowest BCUT2D eigenvalue weighted by Gasteiger charge is -2.23. The van der Waals surface area contributed by atoms with Gasteiger partial charge in [-0.15, -0.1) is 5.10 Å². The van der Waals surface area contributed by atoms with Crippen molar-refractivity contribution in [2.75, 3.05) is 10.6 Å². The number of anilines is 3. The molecule has 1 aliphatic rings. The second-order valence-electron chi connectivity index (χ2n) is 5.37. The van der Waals surface area contributed by atoms with Crippen LogP contribution in [0.5, 0.6) is 0 Å². The van der Waals surface area contributed by atoms with Crippen LogP contribution in [0.1, 0.15) is 32.1 Å². The molecule has 1 aromatic carbocycles. The van der Waals surface area contributed by atoms with Crippen molar-refractivity contribution in [1.29, 1.82) is 0 Å². The lowest BCUT2D eigenvalue weighted by atomic mass is 9.96. The smallest absolute Gasteiger partial charge is 0.249 e. The molecule has 0 radical (unpaired) electrons. The van der Waals surface area contributed by atoms with Crippen molar-refractivity contribution < 1.29 is 0 Å². The SMILES string of the molecule is Clc1cccc(Nc2nncc(NC3CCCCC3)n2)c1Cl. The monoisotopic (exact) mass is 337 g/mol. The summed E-state index contributed by atoms with van der Waals surface area (Å²) >= 11 is 12.2. The van der Waals surface area contributed by atoms with Crippen LogP contribution in [-0.2, 0) is 0 Å². The van der Waals surface area contributed by atoms with Crippen molar-refractivity contribution >= 4 is 40.7 Å². The summed E-state index contributed by atoms with van der Waals surface area (Å²) in [5, 5.41) is 15.4. The largest absolute Gasteiger partial charge is 0.366 e. The van der Waals surface area contributed by atoms with E-state index in [9.17, 15) is 0 Å². The predicted molar refractivity (Wildman–Crippen MR) is 90.1 cm³/mol. The second-order valence-corrected chi connectivity index (χ2v) is 6.16. The van der Waals surface area contributed by atoms with Crippen LogP contribution in [0.15, 0.2) is 24.4 Å². The van der Waals surface area contributed by atoms with E-state index in [1.165, 1.54) is 32.1 Å². The molecular formula is C15H17Cl2N5. The van der Waals surface area contributed by atoms with Gasteiger partial charge in [0.15, 0.2) is 5.82 Å². The molecule has 1 aliphatic carbocycles. The number of hydrogen-bond donors (Lipinski definition) is 2. The Hall–Kier alpha value is -1.59. The highest BCUT2D eigenvalue weighted by molar-refractivity contribution is 6.43. The number of halogens is 2. The molecular weight excluding hydrogens is 321 g/mol. The maximum absolute atomic E-state index is 6.15. The van der Waals surface area contributed by atoms with Crippen molar-refractivity contribution in [3.05, 3.63) is 34.4 Å². The van der Waals surface area contributed by atoms with Crippen molar-refractivity contribution in [2.45, 2.75) is 38.1 Å². The van der Waals surface area contributed by atoms with E-state index >= 15 is 0 Å². The molecule has 0 spiro atoms. The Morgan fingerprint density at radius 1 is 1.09 bits per heavy atom. The molecule has 0 bridgehead atoms. The number of rotatable bonds is 4. The van der Waals surface area contributed by atoms with E-state index in [-0.39, 0.29) is 0 Å². The van der Waals surface area contributed by atoms with Crippen LogP contribution in [0.3, 0.4) is 0 Å². The molecule has 1 aromatic heterocycles. The number of nitrogens with one attached hydrogen (secondary N) is 2. The molecule has 22 heavy (non-hydrogen) atoms. The first-order chi connectivity index (χ1) is 10.7. The van der Waals surface area contributed by atoms with Gasteiger partial charge in [0.05, 0.1) is 21.9 Å². The van der Waals surface area contributed by atoms with Crippen molar-refractivity contribution in [3.8, 4) is 0 Å². The normalized spacial score (nSPS) is 15.5. The van der Waals surface area contributed by atoms with E-state index in [4.69, 9.17) is 23.2 Å². The number of hydrogen-bond acceptors (Lipinski definition) is 5. The first-order valence-corrected chi connectivity index (χ1v) is 8.15. The highest BCUT2D eigenvalue weighted by atomic mass is 35.5. The zero-order chi connectivity index (χ0) is 15.4. The molecule has 0 unspecified atom stereocenters. The molecule has 2 N–H and O–H groups in total. The van der Waals surface area contributed by atoms with Gasteiger partial charge in [0.1, 0.15) is 0 Å². The first kappa shape index (κ1) is 15.3. The topological polar surface area (TPSA) is 62.7 Å². The van der Waals surface area contributed by atoms with Crippen LogP contribution in [0, 0.1) is 0 Å². The summed E-state index contributed by atoms with van der Waals surface area (Å²) in [6.07, 6.45) is 7.83. The molecule has 0 amide bonds. The maximum atomic E-state index is 6.15. The van der Waals surface area contributed by atoms with Gasteiger partial charge in [-0.05, 0) is 25.0 Å². The molecule has 2 aromatic rings. The second kappa shape index (κ2) is 7.11. The summed E-state index contributed by atoms with van der Waals surface area (Å²) in [4.78, 5) is 4.44. The van der Waals surface area contributed by atoms with E-state index in [0.717, 1.165) is 5.82 Å². The third-order valence-corrected chi connectivity index (χ3v) is 4.53. The molecule has 1 fully saturated rings. The summed E-state index contributed by atoms with van der Waals surface area (Å²) in [7, 11) is 0. The van der Waals surface area contributed by atoms with E-state index in [1.54, 1.807) is 12.3 Å². The van der Waals surface area contributed by atoms with Crippen LogP contribution in [0.25, 0.3) is 0 Å². The fourth-order valence-electron chi connectivity index (χ4n) is 2.60. The zero-order valence-electron chi connectivity index (χ0n) is 12.0. The van der Waals surface area contributed by atoms with E-state index in [2.05, 4.69) is 25.8 Å². The van der Waals surface area contributed by atoms with E-state index < -0.39 is 0 Å². The molecule has 0 atom stereocenters. The Kier molecular flexibility index (Phi) is 4.95. The lowest BCUT2D eigenvalue weighted by molar-refractivity contribution is 0.461. The molecule has 1 heterocycles. The van der Waals surface area contributed by atoms with Crippen molar-refractivity contribution in [3.63, 3.8) is 0 Å². The van der Waals surface area contributed by atoms with Gasteiger partial charge in [-0.25, -0.2) is 0 Å². The Bertz CT molecular complexity index is 644. The Labute approximate surface area is 139 Å². The van der Waals surface area contributed by atoms with Gasteiger partial charge >= 0.3 is 0 Å². The molecule has 3 rings (SSSR count). The zero-order valence-corrected chi connectivity index (χ0v) is 13.5. The molecule has 1 saturated carbocycles. The maximum Gasteiger partial charge on any atom is 0.249 e. The molecule has 7 heteroatoms. The average Bonchev–Trinajstić information content (AvgIpc) is 2.53. The Morgan fingerprint density at radius 2 is 1.91 bits per heavy atom. The van der Waals surface area contributed by atoms with Gasteiger partial charge < -0.3 is 10.6 Å². The highest BCUT2D eigenvalue weighted by Crippen LogP contribution is 2.31. The lowest BCUT2D eigenvalue weighted by Crippen LogP contribution is -2.23. The van der Waals surface area contributed by atoms with Gasteiger partial charge in [-0.2, -0.15) is 10.1 Å². The molecule has 0 aliphatic heterocycles. The van der Waals surface area contributed by atoms with Gasteiger partial charge in [0.25, 0.3) is 0 Å². The van der Waals surface area contributed by atoms with Crippen molar-refractivity contribution in [1.82, 2.24) is 15.2 Å². The third kappa shape index (κ3) is 3.78. The number of benzene rings is 1. The highest BCUT2D eigenvalue weighted by Gasteiger charge is 2.14. The van der Waals surface area contributed by atoms with E-state index in [0.29, 0.717) is 27.7 Å². The van der Waals surface area contributed by atoms with Gasteiger partial charge in [-0.3, -0.25) is 0 Å². The summed E-state index contributed by atoms with van der Waals surface area (Å²) in [6.45, 7) is 0. The van der Waals surface area contributed by atoms with Crippen LogP contribution in [0.4, 0.5) is 17.5 Å². The fraction of sp³-hybridized carbons (Fsp3) is 0.400. The van der Waals surface area contributed by atoms with Crippen molar-refractivity contribution in [2.24, 2.45) is 0 Å². The van der Waals surface area contributed by atoms with Gasteiger partial charge in [0, 0.05) is 6.04 Å². The quantitative estimate of drug-likeness (QED) is 0.848. The molecule has 116 valence electrons. The Balaban J connectivity index is 1.72. The van der Waals surface area contributed by atoms with Crippen LogP contribution in [-0.4, -0.2) is 21.2 Å². The predicted octanol–water partition coefficient (Wildman–Crippen LogP) is 4.67. The standard InChI is InChI=1S/C15H17Cl2N5/c16-11-7-4-8-12(14(11)17)20-15-21-13(9-18-22-15)19-10-5-2-1-3-6-10/h4,7-10H,1-3,5-6H2,(H2,19,20,21,22). The van der Waals surface area contributed by atoms with Crippen LogP contribution in [0.2, 0.25) is 10.0 Å². The van der Waals surface area contributed by atoms with Crippen LogP contribution >= 0.6 is 23.2 Å². The summed E-state index contributed by atoms with van der Waals surface area (Å²) in [5.41, 5.74) is 0.658. The summed E-state index contributed by atoms with van der Waals surface area (Å²) in [6, 6.07) is 5.83.